The molecule has 0 atom stereocenters. The summed E-state index contributed by atoms with van der Waals surface area (Å²) in [7, 11) is 0. The summed E-state index contributed by atoms with van der Waals surface area (Å²) in [6.07, 6.45) is 30.3. The number of nitriles is 1. The minimum absolute atomic E-state index is 0.0141. The maximum Gasteiger partial charge on any atom is 0.119 e. The van der Waals surface area contributed by atoms with E-state index < -0.39 is 0 Å². The number of benzene rings is 1. The molecule has 2 aliphatic carbocycles. The highest BCUT2D eigenvalue weighted by Crippen LogP contribution is 2.46. The van der Waals surface area contributed by atoms with Crippen molar-refractivity contribution in [3.63, 3.8) is 0 Å². The zero-order valence-corrected chi connectivity index (χ0v) is 25.9. The lowest BCUT2D eigenvalue weighted by Crippen LogP contribution is -2.27. The van der Waals surface area contributed by atoms with Gasteiger partial charge in [-0.15, -0.1) is 0 Å². The lowest BCUT2D eigenvalue weighted by molar-refractivity contribution is 0.168. The van der Waals surface area contributed by atoms with Crippen LogP contribution in [0.2, 0.25) is 0 Å². The molecule has 1 aromatic carbocycles. The Morgan fingerprint density at radius 2 is 1.26 bits per heavy atom. The fourth-order valence-corrected chi connectivity index (χ4v) is 7.32. The summed E-state index contributed by atoms with van der Waals surface area (Å²) in [5.74, 6) is 3.45. The summed E-state index contributed by atoms with van der Waals surface area (Å²) < 4.78 is 6.00. The molecular formula is C37H61NO. The number of rotatable bonds is 19. The Balaban J connectivity index is 1.28. The zero-order chi connectivity index (χ0) is 27.6. The van der Waals surface area contributed by atoms with Crippen LogP contribution in [-0.2, 0) is 0 Å². The second-order valence-corrected chi connectivity index (χ2v) is 13.3. The van der Waals surface area contributed by atoms with Crippen LogP contribution in [-0.4, -0.2) is 6.61 Å². The number of nitrogens with zero attached hydrogens (tertiary/aromatic N) is 1. The van der Waals surface area contributed by atoms with Crippen LogP contribution in [0.1, 0.15) is 173 Å². The first-order valence-corrected chi connectivity index (χ1v) is 17.3. The quantitative estimate of drug-likeness (QED) is 0.165. The largest absolute Gasteiger partial charge is 0.494 e. The molecule has 0 amide bonds. The minimum atomic E-state index is -0.0141. The Labute approximate surface area is 242 Å². The van der Waals surface area contributed by atoms with Crippen LogP contribution in [0.5, 0.6) is 5.75 Å². The summed E-state index contributed by atoms with van der Waals surface area (Å²) in [4.78, 5) is 0. The van der Waals surface area contributed by atoms with Crippen molar-refractivity contribution in [1.29, 1.82) is 5.26 Å². The number of ether oxygens (including phenoxy) is 1. The van der Waals surface area contributed by atoms with E-state index in [0.717, 1.165) is 43.5 Å². The van der Waals surface area contributed by atoms with E-state index in [1.165, 1.54) is 134 Å². The highest BCUT2D eigenvalue weighted by molar-refractivity contribution is 5.29. The van der Waals surface area contributed by atoms with Crippen LogP contribution in [0.3, 0.4) is 0 Å². The normalized spacial score (nSPS) is 25.3. The standard InChI is InChI=1S/C37H61NO/c1-3-5-7-9-11-13-15-32-24-27-37(31-38,28-25-32)29-26-33-16-18-34(19-17-33)35-20-22-36(23-21-35)39-30-14-12-10-8-6-4-2/h20-23,32-34H,3-19,24-30H2,1-2H3/t32-,33-,34-,37-. The number of unbranched alkanes of at least 4 members (excludes halogenated alkanes) is 10. The van der Waals surface area contributed by atoms with Crippen molar-refractivity contribution in [2.24, 2.45) is 17.3 Å². The van der Waals surface area contributed by atoms with Crippen molar-refractivity contribution in [3.8, 4) is 11.8 Å². The van der Waals surface area contributed by atoms with Crippen molar-refractivity contribution in [3.05, 3.63) is 29.8 Å². The Morgan fingerprint density at radius 3 is 1.87 bits per heavy atom. The second-order valence-electron chi connectivity index (χ2n) is 13.3. The zero-order valence-electron chi connectivity index (χ0n) is 25.9. The van der Waals surface area contributed by atoms with Crippen LogP contribution in [0.25, 0.3) is 0 Å². The molecule has 1 aromatic rings. The Morgan fingerprint density at radius 1 is 0.692 bits per heavy atom. The van der Waals surface area contributed by atoms with Crippen molar-refractivity contribution in [2.45, 2.75) is 167 Å². The molecule has 0 radical (unpaired) electrons. The topological polar surface area (TPSA) is 33.0 Å². The van der Waals surface area contributed by atoms with Crippen LogP contribution in [0, 0.1) is 28.6 Å². The van der Waals surface area contributed by atoms with E-state index in [0.29, 0.717) is 5.92 Å². The molecule has 220 valence electrons. The van der Waals surface area contributed by atoms with Gasteiger partial charge in [-0.25, -0.2) is 0 Å². The van der Waals surface area contributed by atoms with Gasteiger partial charge in [0, 0.05) is 0 Å². The van der Waals surface area contributed by atoms with Crippen molar-refractivity contribution < 1.29 is 4.74 Å². The van der Waals surface area contributed by atoms with Crippen molar-refractivity contribution >= 4 is 0 Å². The maximum atomic E-state index is 10.1. The van der Waals surface area contributed by atoms with E-state index in [1.54, 1.807) is 0 Å². The van der Waals surface area contributed by atoms with Gasteiger partial charge in [0.1, 0.15) is 5.75 Å². The molecule has 0 heterocycles. The third kappa shape index (κ3) is 11.9. The average Bonchev–Trinajstić information content (AvgIpc) is 2.99. The summed E-state index contributed by atoms with van der Waals surface area (Å²) in [5.41, 5.74) is 1.48. The first-order chi connectivity index (χ1) is 19.2. The predicted octanol–water partition coefficient (Wildman–Crippen LogP) is 11.9. The van der Waals surface area contributed by atoms with E-state index >= 15 is 0 Å². The molecule has 0 saturated heterocycles. The van der Waals surface area contributed by atoms with Gasteiger partial charge in [-0.1, -0.05) is 103 Å². The molecule has 0 spiro atoms. The Bertz CT molecular complexity index is 777. The van der Waals surface area contributed by atoms with E-state index in [1.807, 2.05) is 0 Å². The Hall–Kier alpha value is -1.49. The van der Waals surface area contributed by atoms with Gasteiger partial charge in [-0.05, 0) is 106 Å². The molecule has 0 N–H and O–H groups in total. The molecule has 3 rings (SSSR count). The second kappa shape index (κ2) is 18.8. The molecule has 2 nitrogen and oxygen atoms in total. The van der Waals surface area contributed by atoms with Gasteiger partial charge in [-0.3, -0.25) is 0 Å². The van der Waals surface area contributed by atoms with Crippen molar-refractivity contribution in [2.75, 3.05) is 6.61 Å². The van der Waals surface area contributed by atoms with E-state index in [2.05, 4.69) is 44.2 Å². The average molecular weight is 536 g/mol. The highest BCUT2D eigenvalue weighted by atomic mass is 16.5. The van der Waals surface area contributed by atoms with Gasteiger partial charge in [0.15, 0.2) is 0 Å². The summed E-state index contributed by atoms with van der Waals surface area (Å²) >= 11 is 0. The van der Waals surface area contributed by atoms with Crippen molar-refractivity contribution in [1.82, 2.24) is 0 Å². The third-order valence-electron chi connectivity index (χ3n) is 10.3. The van der Waals surface area contributed by atoms with E-state index in [9.17, 15) is 5.26 Å². The maximum absolute atomic E-state index is 10.1. The van der Waals surface area contributed by atoms with Gasteiger partial charge >= 0.3 is 0 Å². The first kappa shape index (κ1) is 32.0. The van der Waals surface area contributed by atoms with Crippen LogP contribution >= 0.6 is 0 Å². The SMILES string of the molecule is CCCCCCCCOc1ccc([C@H]2CC[C@H](CC[C@]3(C#N)CC[C@H](CCCCCCCC)CC3)CC2)cc1. The number of hydrogen-bond acceptors (Lipinski definition) is 2. The van der Waals surface area contributed by atoms with Crippen LogP contribution in [0.4, 0.5) is 0 Å². The predicted molar refractivity (Wildman–Crippen MR) is 167 cm³/mol. The number of hydrogen-bond donors (Lipinski definition) is 0. The monoisotopic (exact) mass is 535 g/mol. The Kier molecular flexibility index (Phi) is 15.4. The van der Waals surface area contributed by atoms with Gasteiger partial charge in [0.05, 0.1) is 18.1 Å². The molecule has 2 fully saturated rings. The molecule has 2 heteroatoms. The molecule has 0 aromatic heterocycles. The lowest BCUT2D eigenvalue weighted by Gasteiger charge is -2.37. The molecule has 2 aliphatic rings. The molecule has 2 saturated carbocycles. The summed E-state index contributed by atoms with van der Waals surface area (Å²) in [6.45, 7) is 5.41. The molecule has 0 bridgehead atoms. The molecule has 39 heavy (non-hydrogen) atoms. The summed E-state index contributed by atoms with van der Waals surface area (Å²) in [5, 5.41) is 10.1. The minimum Gasteiger partial charge on any atom is -0.494 e. The fraction of sp³-hybridized carbons (Fsp3) is 0.811. The third-order valence-corrected chi connectivity index (χ3v) is 10.3. The first-order valence-electron chi connectivity index (χ1n) is 17.3. The molecular weight excluding hydrogens is 474 g/mol. The smallest absolute Gasteiger partial charge is 0.119 e. The summed E-state index contributed by atoms with van der Waals surface area (Å²) in [6, 6.07) is 11.8. The fourth-order valence-electron chi connectivity index (χ4n) is 7.32. The van der Waals surface area contributed by atoms with Crippen LogP contribution < -0.4 is 4.74 Å². The molecule has 0 unspecified atom stereocenters. The van der Waals surface area contributed by atoms with Gasteiger partial charge in [0.25, 0.3) is 0 Å². The molecule has 0 aliphatic heterocycles. The van der Waals surface area contributed by atoms with Gasteiger partial charge in [0.2, 0.25) is 0 Å². The highest BCUT2D eigenvalue weighted by Gasteiger charge is 2.36. The lowest BCUT2D eigenvalue weighted by atomic mass is 9.66. The van der Waals surface area contributed by atoms with Gasteiger partial charge in [-0.2, -0.15) is 5.26 Å². The van der Waals surface area contributed by atoms with Gasteiger partial charge < -0.3 is 4.74 Å². The van der Waals surface area contributed by atoms with E-state index in [-0.39, 0.29) is 5.41 Å². The van der Waals surface area contributed by atoms with E-state index in [4.69, 9.17) is 4.74 Å². The van der Waals surface area contributed by atoms with Crippen LogP contribution in [0.15, 0.2) is 24.3 Å².